The molecule has 0 aliphatic rings. The Labute approximate surface area is 115 Å². The van der Waals surface area contributed by atoms with Crippen LogP contribution in [0.15, 0.2) is 23.1 Å². The second kappa shape index (κ2) is 6.33. The minimum absolute atomic E-state index is 0.0378. The molecule has 1 aromatic rings. The van der Waals surface area contributed by atoms with Gasteiger partial charge in [0.2, 0.25) is 10.0 Å². The first-order valence-electron chi connectivity index (χ1n) is 5.46. The molecule has 0 heterocycles. The molecule has 0 amide bonds. The summed E-state index contributed by atoms with van der Waals surface area (Å²) in [5, 5.41) is 8.40. The summed E-state index contributed by atoms with van der Waals surface area (Å²) in [6.07, 6.45) is 0. The number of rotatable bonds is 7. The summed E-state index contributed by atoms with van der Waals surface area (Å²) < 4.78 is 61.1. The zero-order chi connectivity index (χ0) is 15.4. The fraction of sp³-hybridized carbons (Fsp3) is 0.455. The van der Waals surface area contributed by atoms with Crippen molar-refractivity contribution in [2.75, 3.05) is 27.4 Å². The molecule has 0 aliphatic heterocycles. The molecular formula is C11H15F2NO5S. The Hall–Kier alpha value is -1.45. The van der Waals surface area contributed by atoms with Gasteiger partial charge in [-0.15, -0.1) is 0 Å². The number of ether oxygens (including phenoxy) is 2. The predicted octanol–water partition coefficient (Wildman–Crippen LogP) is 0.610. The highest BCUT2D eigenvalue weighted by molar-refractivity contribution is 7.89. The standard InChI is InChI=1S/C11H15F2NO5S/c1-18-8-3-4-10(9(5-8)19-2)20(16,17)14-6-11(12,13)7-15/h3-5,14-15H,6-7H2,1-2H3. The highest BCUT2D eigenvalue weighted by Crippen LogP contribution is 2.28. The molecule has 1 rings (SSSR count). The van der Waals surface area contributed by atoms with Crippen molar-refractivity contribution in [3.05, 3.63) is 18.2 Å². The van der Waals surface area contributed by atoms with Crippen LogP contribution >= 0.6 is 0 Å². The average molecular weight is 311 g/mol. The topological polar surface area (TPSA) is 84.9 Å². The quantitative estimate of drug-likeness (QED) is 0.771. The number of hydrogen-bond acceptors (Lipinski definition) is 5. The van der Waals surface area contributed by atoms with Gasteiger partial charge < -0.3 is 14.6 Å². The summed E-state index contributed by atoms with van der Waals surface area (Å²) in [6, 6.07) is 3.86. The third-order valence-electron chi connectivity index (χ3n) is 2.41. The molecule has 0 atom stereocenters. The van der Waals surface area contributed by atoms with Gasteiger partial charge in [-0.1, -0.05) is 0 Å². The monoisotopic (exact) mass is 311 g/mol. The molecule has 0 saturated carbocycles. The summed E-state index contributed by atoms with van der Waals surface area (Å²) in [6.45, 7) is -2.66. The van der Waals surface area contributed by atoms with Crippen LogP contribution in [0.5, 0.6) is 11.5 Å². The fourth-order valence-corrected chi connectivity index (χ4v) is 2.54. The van der Waals surface area contributed by atoms with E-state index in [1.807, 2.05) is 0 Å². The van der Waals surface area contributed by atoms with Crippen LogP contribution in [0.25, 0.3) is 0 Å². The first-order chi connectivity index (χ1) is 9.25. The molecule has 0 aromatic heterocycles. The lowest BCUT2D eigenvalue weighted by molar-refractivity contribution is -0.0437. The van der Waals surface area contributed by atoms with Crippen molar-refractivity contribution < 1.29 is 31.8 Å². The zero-order valence-electron chi connectivity index (χ0n) is 10.9. The van der Waals surface area contributed by atoms with Gasteiger partial charge >= 0.3 is 0 Å². The number of aliphatic hydroxyl groups is 1. The highest BCUT2D eigenvalue weighted by Gasteiger charge is 2.31. The molecule has 0 radical (unpaired) electrons. The van der Waals surface area contributed by atoms with E-state index in [2.05, 4.69) is 0 Å². The van der Waals surface area contributed by atoms with Crippen LogP contribution in [-0.2, 0) is 10.0 Å². The summed E-state index contributed by atoms with van der Waals surface area (Å²) >= 11 is 0. The van der Waals surface area contributed by atoms with Gasteiger partial charge in [0.25, 0.3) is 5.92 Å². The van der Waals surface area contributed by atoms with Crippen molar-refractivity contribution in [3.8, 4) is 11.5 Å². The van der Waals surface area contributed by atoms with Crippen molar-refractivity contribution in [1.82, 2.24) is 4.72 Å². The number of halogens is 2. The number of hydrogen-bond donors (Lipinski definition) is 2. The van der Waals surface area contributed by atoms with Gasteiger partial charge in [-0.2, -0.15) is 0 Å². The van der Waals surface area contributed by atoms with Crippen LogP contribution in [0.4, 0.5) is 8.78 Å². The van der Waals surface area contributed by atoms with Crippen molar-refractivity contribution in [2.24, 2.45) is 0 Å². The average Bonchev–Trinajstić information content (AvgIpc) is 2.44. The van der Waals surface area contributed by atoms with Crippen LogP contribution in [0.1, 0.15) is 0 Å². The van der Waals surface area contributed by atoms with Gasteiger partial charge in [-0.05, 0) is 12.1 Å². The van der Waals surface area contributed by atoms with Crippen LogP contribution in [0.3, 0.4) is 0 Å². The van der Waals surface area contributed by atoms with Crippen molar-refractivity contribution in [1.29, 1.82) is 0 Å². The second-order valence-electron chi connectivity index (χ2n) is 3.86. The molecule has 0 aliphatic carbocycles. The molecule has 0 spiro atoms. The van der Waals surface area contributed by atoms with E-state index in [-0.39, 0.29) is 10.6 Å². The lowest BCUT2D eigenvalue weighted by Gasteiger charge is -2.15. The Bertz CT molecular complexity index is 562. The molecule has 0 saturated heterocycles. The number of sulfonamides is 1. The first kappa shape index (κ1) is 16.6. The van der Waals surface area contributed by atoms with E-state index in [1.54, 1.807) is 4.72 Å². The molecule has 1 aromatic carbocycles. The smallest absolute Gasteiger partial charge is 0.283 e. The van der Waals surface area contributed by atoms with Gasteiger partial charge in [0.05, 0.1) is 20.8 Å². The van der Waals surface area contributed by atoms with E-state index in [0.717, 1.165) is 0 Å². The molecule has 114 valence electrons. The minimum atomic E-state index is -4.19. The molecule has 6 nitrogen and oxygen atoms in total. The first-order valence-corrected chi connectivity index (χ1v) is 6.94. The normalized spacial score (nSPS) is 12.2. The van der Waals surface area contributed by atoms with Gasteiger partial charge in [-0.3, -0.25) is 0 Å². The van der Waals surface area contributed by atoms with Crippen LogP contribution in [0.2, 0.25) is 0 Å². The second-order valence-corrected chi connectivity index (χ2v) is 5.59. The van der Waals surface area contributed by atoms with Crippen molar-refractivity contribution in [3.63, 3.8) is 0 Å². The molecular weight excluding hydrogens is 296 g/mol. The number of methoxy groups -OCH3 is 2. The fourth-order valence-electron chi connectivity index (χ4n) is 1.33. The van der Waals surface area contributed by atoms with Crippen molar-refractivity contribution in [2.45, 2.75) is 10.8 Å². The molecule has 0 unspecified atom stereocenters. The molecule has 9 heteroatoms. The van der Waals surface area contributed by atoms with Crippen molar-refractivity contribution >= 4 is 10.0 Å². The van der Waals surface area contributed by atoms with Gasteiger partial charge in [0.15, 0.2) is 0 Å². The summed E-state index contributed by atoms with van der Waals surface area (Å²) in [5.74, 6) is -3.21. The summed E-state index contributed by atoms with van der Waals surface area (Å²) in [5.41, 5.74) is 0. The number of aliphatic hydroxyl groups excluding tert-OH is 1. The zero-order valence-corrected chi connectivity index (χ0v) is 11.7. The maximum Gasteiger partial charge on any atom is 0.283 e. The van der Waals surface area contributed by atoms with E-state index in [4.69, 9.17) is 14.6 Å². The minimum Gasteiger partial charge on any atom is -0.497 e. The molecule has 2 N–H and O–H groups in total. The van der Waals surface area contributed by atoms with Gasteiger partial charge in [0.1, 0.15) is 23.0 Å². The Morgan fingerprint density at radius 3 is 2.45 bits per heavy atom. The third kappa shape index (κ3) is 4.02. The Morgan fingerprint density at radius 1 is 1.30 bits per heavy atom. The SMILES string of the molecule is COc1ccc(S(=O)(=O)NCC(F)(F)CO)c(OC)c1. The molecule has 20 heavy (non-hydrogen) atoms. The molecule has 0 bridgehead atoms. The van der Waals surface area contributed by atoms with E-state index in [0.29, 0.717) is 5.75 Å². The highest BCUT2D eigenvalue weighted by atomic mass is 32.2. The number of nitrogens with one attached hydrogen (secondary N) is 1. The number of benzene rings is 1. The van der Waals surface area contributed by atoms with Crippen LogP contribution in [-0.4, -0.2) is 46.8 Å². The maximum atomic E-state index is 12.9. The van der Waals surface area contributed by atoms with Crippen LogP contribution < -0.4 is 14.2 Å². The van der Waals surface area contributed by atoms with Crippen LogP contribution in [0, 0.1) is 0 Å². The number of alkyl halides is 2. The van der Waals surface area contributed by atoms with Gasteiger partial charge in [-0.25, -0.2) is 21.9 Å². The van der Waals surface area contributed by atoms with E-state index < -0.39 is 29.1 Å². The summed E-state index contributed by atoms with van der Waals surface area (Å²) in [4.78, 5) is -0.297. The largest absolute Gasteiger partial charge is 0.497 e. The summed E-state index contributed by atoms with van der Waals surface area (Å²) in [7, 11) is -1.55. The van der Waals surface area contributed by atoms with E-state index in [1.165, 1.54) is 32.4 Å². The van der Waals surface area contributed by atoms with E-state index in [9.17, 15) is 17.2 Å². The Morgan fingerprint density at radius 2 is 1.95 bits per heavy atom. The lowest BCUT2D eigenvalue weighted by Crippen LogP contribution is -2.39. The Kier molecular flexibility index (Phi) is 5.26. The van der Waals surface area contributed by atoms with Gasteiger partial charge in [0, 0.05) is 6.07 Å². The predicted molar refractivity (Wildman–Crippen MR) is 66.8 cm³/mol. The third-order valence-corrected chi connectivity index (χ3v) is 3.85. The van der Waals surface area contributed by atoms with E-state index >= 15 is 0 Å². The lowest BCUT2D eigenvalue weighted by atomic mass is 10.3. The molecule has 0 fully saturated rings. The maximum absolute atomic E-state index is 12.9. The Balaban J connectivity index is 3.03.